The summed E-state index contributed by atoms with van der Waals surface area (Å²) < 4.78 is 7.48. The number of halogens is 2. The summed E-state index contributed by atoms with van der Waals surface area (Å²) in [6.45, 7) is 1.96. The number of hydrogen-bond donors (Lipinski definition) is 0. The number of ketones is 1. The molecule has 0 saturated carbocycles. The van der Waals surface area contributed by atoms with Gasteiger partial charge in [-0.1, -0.05) is 44.0 Å². The molecule has 20 heavy (non-hydrogen) atoms. The fourth-order valence-corrected chi connectivity index (χ4v) is 3.23. The number of carbonyl (C=O) groups is 1. The molecule has 0 radical (unpaired) electrons. The zero-order chi connectivity index (χ0) is 14.3. The SMILES string of the molecule is Cc1cc(Br)cc2cc(C(=O)c3ccccc3Br)oc12. The molecule has 0 aliphatic heterocycles. The summed E-state index contributed by atoms with van der Waals surface area (Å²) in [4.78, 5) is 12.5. The lowest BCUT2D eigenvalue weighted by Crippen LogP contribution is -2.00. The molecule has 0 unspecified atom stereocenters. The molecule has 0 saturated heterocycles. The van der Waals surface area contributed by atoms with E-state index in [9.17, 15) is 4.79 Å². The number of aryl methyl sites for hydroxylation is 1. The van der Waals surface area contributed by atoms with Crippen molar-refractivity contribution in [2.75, 3.05) is 0 Å². The summed E-state index contributed by atoms with van der Waals surface area (Å²) in [5.41, 5.74) is 2.35. The van der Waals surface area contributed by atoms with E-state index < -0.39 is 0 Å². The number of hydrogen-bond acceptors (Lipinski definition) is 2. The minimum absolute atomic E-state index is 0.121. The lowest BCUT2D eigenvalue weighted by molar-refractivity contribution is 0.101. The lowest BCUT2D eigenvalue weighted by atomic mass is 10.1. The number of benzene rings is 2. The van der Waals surface area contributed by atoms with E-state index in [0.717, 1.165) is 25.5 Å². The minimum Gasteiger partial charge on any atom is -0.452 e. The molecule has 100 valence electrons. The molecule has 0 spiro atoms. The van der Waals surface area contributed by atoms with Crippen molar-refractivity contribution < 1.29 is 9.21 Å². The summed E-state index contributed by atoms with van der Waals surface area (Å²) >= 11 is 6.85. The maximum absolute atomic E-state index is 12.5. The van der Waals surface area contributed by atoms with Crippen molar-refractivity contribution in [2.45, 2.75) is 6.92 Å². The number of rotatable bonds is 2. The fraction of sp³-hybridized carbons (Fsp3) is 0.0625. The first kappa shape index (κ1) is 13.6. The van der Waals surface area contributed by atoms with Crippen LogP contribution in [0.25, 0.3) is 11.0 Å². The second kappa shape index (κ2) is 5.19. The molecule has 0 amide bonds. The quantitative estimate of drug-likeness (QED) is 0.538. The normalized spacial score (nSPS) is 10.9. The van der Waals surface area contributed by atoms with Gasteiger partial charge < -0.3 is 4.42 Å². The van der Waals surface area contributed by atoms with Crippen LogP contribution in [0.15, 0.2) is 55.8 Å². The smallest absolute Gasteiger partial charge is 0.229 e. The molecule has 3 aromatic rings. The number of furan rings is 1. The van der Waals surface area contributed by atoms with E-state index in [1.165, 1.54) is 0 Å². The molecule has 0 atom stereocenters. The second-order valence-electron chi connectivity index (χ2n) is 4.56. The Labute approximate surface area is 133 Å². The molecular formula is C16H10Br2O2. The Morgan fingerprint density at radius 3 is 2.60 bits per heavy atom. The summed E-state index contributed by atoms with van der Waals surface area (Å²) in [6.07, 6.45) is 0. The van der Waals surface area contributed by atoms with Crippen molar-refractivity contribution in [1.82, 2.24) is 0 Å². The standard InChI is InChI=1S/C16H10Br2O2/c1-9-6-11(17)7-10-8-14(20-16(9)10)15(19)12-4-2-3-5-13(12)18/h2-8H,1H3. The minimum atomic E-state index is -0.121. The van der Waals surface area contributed by atoms with Crippen LogP contribution in [-0.4, -0.2) is 5.78 Å². The number of fused-ring (bicyclic) bond motifs is 1. The van der Waals surface area contributed by atoms with Crippen LogP contribution in [0.1, 0.15) is 21.7 Å². The van der Waals surface area contributed by atoms with Crippen LogP contribution in [0.5, 0.6) is 0 Å². The molecule has 2 aromatic carbocycles. The molecule has 1 heterocycles. The topological polar surface area (TPSA) is 30.2 Å². The van der Waals surface area contributed by atoms with E-state index in [1.54, 1.807) is 12.1 Å². The third-order valence-electron chi connectivity index (χ3n) is 3.11. The Morgan fingerprint density at radius 1 is 1.10 bits per heavy atom. The lowest BCUT2D eigenvalue weighted by Gasteiger charge is -2.00. The zero-order valence-corrected chi connectivity index (χ0v) is 13.8. The highest BCUT2D eigenvalue weighted by Gasteiger charge is 2.17. The largest absolute Gasteiger partial charge is 0.452 e. The van der Waals surface area contributed by atoms with Gasteiger partial charge in [-0.15, -0.1) is 0 Å². The first-order valence-electron chi connectivity index (χ1n) is 6.05. The van der Waals surface area contributed by atoms with Gasteiger partial charge in [0.2, 0.25) is 5.78 Å². The van der Waals surface area contributed by atoms with Crippen LogP contribution in [-0.2, 0) is 0 Å². The summed E-state index contributed by atoms with van der Waals surface area (Å²) in [5.74, 6) is 0.234. The Balaban J connectivity index is 2.14. The highest BCUT2D eigenvalue weighted by Crippen LogP contribution is 2.29. The molecule has 2 nitrogen and oxygen atoms in total. The van der Waals surface area contributed by atoms with Gasteiger partial charge in [0.15, 0.2) is 5.76 Å². The van der Waals surface area contributed by atoms with Gasteiger partial charge in [0.25, 0.3) is 0 Å². The molecule has 0 N–H and O–H groups in total. The van der Waals surface area contributed by atoms with Crippen molar-refractivity contribution in [3.63, 3.8) is 0 Å². The van der Waals surface area contributed by atoms with E-state index in [4.69, 9.17) is 4.42 Å². The van der Waals surface area contributed by atoms with E-state index in [-0.39, 0.29) is 5.78 Å². The molecule has 0 aliphatic rings. The predicted molar refractivity (Wildman–Crippen MR) is 86.2 cm³/mol. The van der Waals surface area contributed by atoms with Gasteiger partial charge in [0.05, 0.1) is 0 Å². The Hall–Kier alpha value is -1.39. The Morgan fingerprint density at radius 2 is 1.85 bits per heavy atom. The molecular weight excluding hydrogens is 384 g/mol. The van der Waals surface area contributed by atoms with E-state index >= 15 is 0 Å². The van der Waals surface area contributed by atoms with Crippen molar-refractivity contribution in [3.8, 4) is 0 Å². The first-order valence-corrected chi connectivity index (χ1v) is 7.64. The summed E-state index contributed by atoms with van der Waals surface area (Å²) in [5, 5.41) is 0.923. The molecule has 1 aromatic heterocycles. The van der Waals surface area contributed by atoms with Gasteiger partial charge in [-0.05, 0) is 42.8 Å². The predicted octanol–water partition coefficient (Wildman–Crippen LogP) is 5.50. The third kappa shape index (κ3) is 2.34. The van der Waals surface area contributed by atoms with E-state index in [0.29, 0.717) is 11.3 Å². The maximum Gasteiger partial charge on any atom is 0.229 e. The van der Waals surface area contributed by atoms with Crippen LogP contribution < -0.4 is 0 Å². The van der Waals surface area contributed by atoms with Crippen LogP contribution >= 0.6 is 31.9 Å². The average molecular weight is 394 g/mol. The van der Waals surface area contributed by atoms with Gasteiger partial charge in [-0.2, -0.15) is 0 Å². The van der Waals surface area contributed by atoms with E-state index in [1.807, 2.05) is 37.3 Å². The Bertz CT molecular complexity index is 818. The van der Waals surface area contributed by atoms with E-state index in [2.05, 4.69) is 31.9 Å². The van der Waals surface area contributed by atoms with Crippen molar-refractivity contribution in [2.24, 2.45) is 0 Å². The van der Waals surface area contributed by atoms with Crippen LogP contribution in [0.3, 0.4) is 0 Å². The molecule has 0 bridgehead atoms. The highest BCUT2D eigenvalue weighted by molar-refractivity contribution is 9.10. The average Bonchev–Trinajstić information content (AvgIpc) is 2.82. The summed E-state index contributed by atoms with van der Waals surface area (Å²) in [7, 11) is 0. The van der Waals surface area contributed by atoms with Gasteiger partial charge in [-0.25, -0.2) is 0 Å². The van der Waals surface area contributed by atoms with Crippen molar-refractivity contribution >= 4 is 48.6 Å². The van der Waals surface area contributed by atoms with Gasteiger partial charge in [-0.3, -0.25) is 4.79 Å². The molecule has 3 rings (SSSR count). The van der Waals surface area contributed by atoms with Gasteiger partial charge in [0.1, 0.15) is 5.58 Å². The maximum atomic E-state index is 12.5. The van der Waals surface area contributed by atoms with Gasteiger partial charge in [0, 0.05) is 19.9 Å². The zero-order valence-electron chi connectivity index (χ0n) is 10.6. The van der Waals surface area contributed by atoms with Crippen LogP contribution in [0.4, 0.5) is 0 Å². The number of carbonyl (C=O) groups excluding carboxylic acids is 1. The molecule has 0 aliphatic carbocycles. The molecule has 4 heteroatoms. The first-order chi connectivity index (χ1) is 9.56. The fourth-order valence-electron chi connectivity index (χ4n) is 2.17. The second-order valence-corrected chi connectivity index (χ2v) is 6.33. The Kier molecular flexibility index (Phi) is 3.52. The van der Waals surface area contributed by atoms with Crippen molar-refractivity contribution in [3.05, 3.63) is 68.3 Å². The van der Waals surface area contributed by atoms with Crippen LogP contribution in [0, 0.1) is 6.92 Å². The van der Waals surface area contributed by atoms with Crippen molar-refractivity contribution in [1.29, 1.82) is 0 Å². The third-order valence-corrected chi connectivity index (χ3v) is 4.26. The monoisotopic (exact) mass is 392 g/mol. The van der Waals surface area contributed by atoms with Crippen LogP contribution in [0.2, 0.25) is 0 Å². The highest BCUT2D eigenvalue weighted by atomic mass is 79.9. The summed E-state index contributed by atoms with van der Waals surface area (Å²) in [6, 6.07) is 13.0. The molecule has 0 fully saturated rings. The van der Waals surface area contributed by atoms with Gasteiger partial charge >= 0.3 is 0 Å².